The monoisotopic (exact) mass is 384 g/mol. The summed E-state index contributed by atoms with van der Waals surface area (Å²) < 4.78 is 10.4. The molecule has 0 atom stereocenters. The Balaban J connectivity index is 1.46. The Morgan fingerprint density at radius 1 is 1.21 bits per heavy atom. The lowest BCUT2D eigenvalue weighted by atomic mass is 9.79. The van der Waals surface area contributed by atoms with Crippen LogP contribution in [0.1, 0.15) is 67.6 Å². The highest BCUT2D eigenvalue weighted by atomic mass is 16.5. The van der Waals surface area contributed by atoms with Crippen LogP contribution in [-0.2, 0) is 9.53 Å². The van der Waals surface area contributed by atoms with E-state index >= 15 is 0 Å². The lowest BCUT2D eigenvalue weighted by Gasteiger charge is -2.29. The molecule has 150 valence electrons. The van der Waals surface area contributed by atoms with E-state index in [0.29, 0.717) is 17.8 Å². The van der Waals surface area contributed by atoms with Crippen LogP contribution in [0.2, 0.25) is 0 Å². The number of aryl methyl sites for hydroxylation is 1. The summed E-state index contributed by atoms with van der Waals surface area (Å²) in [6.07, 6.45) is 8.58. The van der Waals surface area contributed by atoms with Crippen LogP contribution in [-0.4, -0.2) is 41.3 Å². The number of ether oxygens (including phenoxy) is 1. The molecule has 2 fully saturated rings. The molecule has 2 aromatic heterocycles. The van der Waals surface area contributed by atoms with Crippen molar-refractivity contribution in [3.63, 3.8) is 0 Å². The van der Waals surface area contributed by atoms with Gasteiger partial charge in [-0.1, -0.05) is 5.16 Å². The molecule has 2 heterocycles. The van der Waals surface area contributed by atoms with Gasteiger partial charge in [-0.15, -0.1) is 0 Å². The van der Waals surface area contributed by atoms with Gasteiger partial charge in [0.2, 0.25) is 5.91 Å². The van der Waals surface area contributed by atoms with Gasteiger partial charge in [-0.3, -0.25) is 4.79 Å². The standard InChI is InChI=1S/C21H28N4O3/c1-13-9-18(28-25-13)17-11-23-21(16-7-8-16)24-20(17)15-5-3-14(4-6-15)10-22-19(26)12-27-2/h9,11,14-16H,3-8,10,12H2,1-2H3,(H,22,26). The third-order valence-corrected chi connectivity index (χ3v) is 5.77. The first-order chi connectivity index (χ1) is 13.6. The van der Waals surface area contributed by atoms with E-state index in [1.165, 1.54) is 20.0 Å². The molecule has 0 spiro atoms. The molecule has 1 amide bonds. The fraction of sp³-hybridized carbons (Fsp3) is 0.619. The highest BCUT2D eigenvalue weighted by Crippen LogP contribution is 2.42. The van der Waals surface area contributed by atoms with E-state index in [2.05, 4.69) is 15.5 Å². The number of aromatic nitrogens is 3. The maximum Gasteiger partial charge on any atom is 0.245 e. The second-order valence-corrected chi connectivity index (χ2v) is 8.09. The smallest absolute Gasteiger partial charge is 0.245 e. The van der Waals surface area contributed by atoms with Gasteiger partial charge in [0.1, 0.15) is 12.4 Å². The molecule has 0 aliphatic heterocycles. The van der Waals surface area contributed by atoms with Crippen molar-refractivity contribution in [2.45, 2.75) is 57.3 Å². The first-order valence-corrected chi connectivity index (χ1v) is 10.2. The van der Waals surface area contributed by atoms with Crippen LogP contribution in [0.4, 0.5) is 0 Å². The first kappa shape index (κ1) is 19.1. The highest BCUT2D eigenvalue weighted by Gasteiger charge is 2.31. The normalized spacial score (nSPS) is 22.2. The predicted octanol–water partition coefficient (Wildman–Crippen LogP) is 3.35. The molecule has 0 saturated heterocycles. The van der Waals surface area contributed by atoms with Crippen LogP contribution in [0.25, 0.3) is 11.3 Å². The summed E-state index contributed by atoms with van der Waals surface area (Å²) in [5.41, 5.74) is 2.94. The molecule has 4 rings (SSSR count). The van der Waals surface area contributed by atoms with Gasteiger partial charge in [-0.05, 0) is 51.4 Å². The molecule has 0 bridgehead atoms. The van der Waals surface area contributed by atoms with Crippen molar-refractivity contribution in [3.8, 4) is 11.3 Å². The minimum Gasteiger partial charge on any atom is -0.375 e. The van der Waals surface area contributed by atoms with E-state index in [-0.39, 0.29) is 12.5 Å². The van der Waals surface area contributed by atoms with E-state index in [4.69, 9.17) is 14.2 Å². The summed E-state index contributed by atoms with van der Waals surface area (Å²) in [4.78, 5) is 21.2. The molecule has 0 radical (unpaired) electrons. The number of carbonyl (C=O) groups excluding carboxylic acids is 1. The Morgan fingerprint density at radius 3 is 2.61 bits per heavy atom. The third kappa shape index (κ3) is 4.41. The van der Waals surface area contributed by atoms with E-state index < -0.39 is 0 Å². The van der Waals surface area contributed by atoms with Crippen LogP contribution >= 0.6 is 0 Å². The van der Waals surface area contributed by atoms with Crippen LogP contribution in [0.3, 0.4) is 0 Å². The second kappa shape index (κ2) is 8.39. The van der Waals surface area contributed by atoms with E-state index in [1.54, 1.807) is 0 Å². The van der Waals surface area contributed by atoms with Gasteiger partial charge < -0.3 is 14.6 Å². The summed E-state index contributed by atoms with van der Waals surface area (Å²) in [5.74, 6) is 3.12. The molecule has 7 nitrogen and oxygen atoms in total. The quantitative estimate of drug-likeness (QED) is 0.787. The predicted molar refractivity (Wildman–Crippen MR) is 104 cm³/mol. The third-order valence-electron chi connectivity index (χ3n) is 5.77. The average molecular weight is 384 g/mol. The number of rotatable bonds is 7. The van der Waals surface area contributed by atoms with Crippen LogP contribution in [0.5, 0.6) is 0 Å². The van der Waals surface area contributed by atoms with Gasteiger partial charge in [0, 0.05) is 37.8 Å². The molecule has 2 aromatic rings. The van der Waals surface area contributed by atoms with Crippen molar-refractivity contribution in [1.29, 1.82) is 0 Å². The van der Waals surface area contributed by atoms with Crippen molar-refractivity contribution in [2.75, 3.05) is 20.3 Å². The molecule has 2 aliphatic carbocycles. The van der Waals surface area contributed by atoms with Crippen molar-refractivity contribution < 1.29 is 14.1 Å². The number of hydrogen-bond donors (Lipinski definition) is 1. The summed E-state index contributed by atoms with van der Waals surface area (Å²) in [6, 6.07) is 1.95. The van der Waals surface area contributed by atoms with Crippen LogP contribution in [0, 0.1) is 12.8 Å². The van der Waals surface area contributed by atoms with Gasteiger partial charge >= 0.3 is 0 Å². The van der Waals surface area contributed by atoms with Gasteiger partial charge in [0.15, 0.2) is 5.76 Å². The summed E-state index contributed by atoms with van der Waals surface area (Å²) >= 11 is 0. The molecular formula is C21H28N4O3. The van der Waals surface area contributed by atoms with Crippen molar-refractivity contribution in [1.82, 2.24) is 20.4 Å². The molecule has 28 heavy (non-hydrogen) atoms. The van der Waals surface area contributed by atoms with Gasteiger partial charge in [-0.25, -0.2) is 9.97 Å². The molecule has 2 saturated carbocycles. The Hall–Kier alpha value is -2.28. The fourth-order valence-corrected chi connectivity index (χ4v) is 4.02. The Morgan fingerprint density at radius 2 is 1.96 bits per heavy atom. The average Bonchev–Trinajstić information content (AvgIpc) is 3.47. The molecule has 7 heteroatoms. The summed E-state index contributed by atoms with van der Waals surface area (Å²) in [6.45, 7) is 2.77. The molecule has 0 unspecified atom stereocenters. The van der Waals surface area contributed by atoms with Crippen molar-refractivity contribution in [2.24, 2.45) is 5.92 Å². The first-order valence-electron chi connectivity index (χ1n) is 10.2. The molecular weight excluding hydrogens is 356 g/mol. The maximum absolute atomic E-state index is 11.6. The van der Waals surface area contributed by atoms with Crippen LogP contribution < -0.4 is 5.32 Å². The minimum absolute atomic E-state index is 0.0440. The lowest BCUT2D eigenvalue weighted by molar-refractivity contribution is -0.124. The topological polar surface area (TPSA) is 90.1 Å². The number of hydrogen-bond acceptors (Lipinski definition) is 6. The SMILES string of the molecule is COCC(=O)NCC1CCC(c2nc(C3CC3)ncc2-c2cc(C)no2)CC1. The molecule has 1 N–H and O–H groups in total. The Labute approximate surface area is 165 Å². The number of nitrogens with zero attached hydrogens (tertiary/aromatic N) is 3. The number of carbonyl (C=O) groups is 1. The van der Waals surface area contributed by atoms with Crippen LogP contribution in [0.15, 0.2) is 16.8 Å². The highest BCUT2D eigenvalue weighted by molar-refractivity contribution is 5.77. The van der Waals surface area contributed by atoms with Crippen molar-refractivity contribution in [3.05, 3.63) is 29.5 Å². The maximum atomic E-state index is 11.6. The molecule has 2 aliphatic rings. The van der Waals surface area contributed by atoms with Crippen molar-refractivity contribution >= 4 is 5.91 Å². The van der Waals surface area contributed by atoms with E-state index in [9.17, 15) is 4.79 Å². The molecule has 0 aromatic carbocycles. The fourth-order valence-electron chi connectivity index (χ4n) is 4.02. The van der Waals surface area contributed by atoms with E-state index in [0.717, 1.165) is 60.8 Å². The summed E-state index contributed by atoms with van der Waals surface area (Å²) in [7, 11) is 1.54. The number of amides is 1. The lowest BCUT2D eigenvalue weighted by Crippen LogP contribution is -2.33. The zero-order chi connectivity index (χ0) is 19.5. The van der Waals surface area contributed by atoms with Gasteiger partial charge in [0.05, 0.1) is 17.0 Å². The Bertz CT molecular complexity index is 823. The zero-order valence-corrected chi connectivity index (χ0v) is 16.6. The van der Waals surface area contributed by atoms with Gasteiger partial charge in [0.25, 0.3) is 0 Å². The van der Waals surface area contributed by atoms with E-state index in [1.807, 2.05) is 19.2 Å². The minimum atomic E-state index is -0.0440. The number of methoxy groups -OCH3 is 1. The largest absolute Gasteiger partial charge is 0.375 e. The Kier molecular flexibility index (Phi) is 5.71. The second-order valence-electron chi connectivity index (χ2n) is 8.09. The summed E-state index contributed by atoms with van der Waals surface area (Å²) in [5, 5.41) is 7.00. The van der Waals surface area contributed by atoms with Gasteiger partial charge in [-0.2, -0.15) is 0 Å². The number of nitrogens with one attached hydrogen (secondary N) is 1. The zero-order valence-electron chi connectivity index (χ0n) is 16.6.